The molecule has 0 aliphatic carbocycles. The fourth-order valence-corrected chi connectivity index (χ4v) is 1.42. The number of nitrogens with two attached hydrogens (primary N) is 1. The molecule has 0 aromatic rings. The quantitative estimate of drug-likeness (QED) is 0.296. The van der Waals surface area contributed by atoms with E-state index < -0.39 is 0 Å². The highest BCUT2D eigenvalue weighted by molar-refractivity contribution is 5.82. The molecule has 0 saturated heterocycles. The average Bonchev–Trinajstić information content (AvgIpc) is 2.22. The molecule has 0 aliphatic rings. The van der Waals surface area contributed by atoms with Crippen molar-refractivity contribution < 1.29 is 5.21 Å². The van der Waals surface area contributed by atoms with E-state index in [4.69, 9.17) is 10.9 Å². The summed E-state index contributed by atoms with van der Waals surface area (Å²) in [5.74, 6) is 0.417. The first kappa shape index (κ1) is 13.2. The van der Waals surface area contributed by atoms with Gasteiger partial charge in [0, 0.05) is 18.5 Å². The molecule has 0 aromatic carbocycles. The number of rotatable bonds is 6. The van der Waals surface area contributed by atoms with Crippen molar-refractivity contribution >= 4 is 5.84 Å². The van der Waals surface area contributed by atoms with E-state index in [2.05, 4.69) is 30.8 Å². The number of hydrogen-bond acceptors (Lipinski definition) is 3. The largest absolute Gasteiger partial charge is 0.409 e. The zero-order valence-electron chi connectivity index (χ0n) is 9.70. The molecule has 0 spiro atoms. The molecular formula is C10H23N3O. The third kappa shape index (κ3) is 3.96. The van der Waals surface area contributed by atoms with Crippen LogP contribution in [0.1, 0.15) is 34.1 Å². The van der Waals surface area contributed by atoms with Gasteiger partial charge in [-0.05, 0) is 19.9 Å². The molecule has 4 heteroatoms. The fraction of sp³-hybridized carbons (Fsp3) is 0.900. The Morgan fingerprint density at radius 2 is 2.00 bits per heavy atom. The topological polar surface area (TPSA) is 61.8 Å². The number of oxime groups is 1. The van der Waals surface area contributed by atoms with E-state index in [-0.39, 0.29) is 5.92 Å². The summed E-state index contributed by atoms with van der Waals surface area (Å²) >= 11 is 0. The van der Waals surface area contributed by atoms with Crippen molar-refractivity contribution in [3.8, 4) is 0 Å². The van der Waals surface area contributed by atoms with Crippen LogP contribution in [-0.4, -0.2) is 35.1 Å². The second kappa shape index (κ2) is 6.65. The first-order chi connectivity index (χ1) is 6.56. The maximum Gasteiger partial charge on any atom is 0.143 e. The number of nitrogens with zero attached hydrogens (tertiary/aromatic N) is 2. The normalized spacial score (nSPS) is 17.1. The van der Waals surface area contributed by atoms with Gasteiger partial charge in [-0.2, -0.15) is 0 Å². The summed E-state index contributed by atoms with van der Waals surface area (Å²) in [7, 11) is 0. The summed E-state index contributed by atoms with van der Waals surface area (Å²) in [6.45, 7) is 10.3. The lowest BCUT2D eigenvalue weighted by molar-refractivity contribution is 0.200. The van der Waals surface area contributed by atoms with Crippen LogP contribution < -0.4 is 5.73 Å². The molecule has 0 amide bonds. The molecule has 4 nitrogen and oxygen atoms in total. The van der Waals surface area contributed by atoms with Gasteiger partial charge in [-0.3, -0.25) is 0 Å². The van der Waals surface area contributed by atoms with E-state index >= 15 is 0 Å². The average molecular weight is 201 g/mol. The molecule has 2 unspecified atom stereocenters. The number of hydrogen-bond donors (Lipinski definition) is 2. The van der Waals surface area contributed by atoms with Crippen molar-refractivity contribution in [2.24, 2.45) is 16.8 Å². The van der Waals surface area contributed by atoms with Crippen LogP contribution in [0.15, 0.2) is 5.16 Å². The van der Waals surface area contributed by atoms with Crippen LogP contribution in [0.3, 0.4) is 0 Å². The molecule has 0 aliphatic heterocycles. The van der Waals surface area contributed by atoms with E-state index in [0.717, 1.165) is 19.5 Å². The van der Waals surface area contributed by atoms with Gasteiger partial charge in [-0.15, -0.1) is 0 Å². The van der Waals surface area contributed by atoms with E-state index in [9.17, 15) is 0 Å². The van der Waals surface area contributed by atoms with E-state index in [1.54, 1.807) is 0 Å². The second-order valence-electron chi connectivity index (χ2n) is 3.77. The molecule has 0 aromatic heterocycles. The molecule has 2 atom stereocenters. The van der Waals surface area contributed by atoms with Gasteiger partial charge in [0.15, 0.2) is 0 Å². The Hall–Kier alpha value is -0.770. The SMILES string of the molecule is CCC(C)N(CC)CC(C)/C(N)=N/O. The highest BCUT2D eigenvalue weighted by atomic mass is 16.4. The summed E-state index contributed by atoms with van der Waals surface area (Å²) in [6.07, 6.45) is 1.12. The van der Waals surface area contributed by atoms with E-state index in [1.807, 2.05) is 6.92 Å². The summed E-state index contributed by atoms with van der Waals surface area (Å²) < 4.78 is 0. The minimum absolute atomic E-state index is 0.106. The van der Waals surface area contributed by atoms with Crippen molar-refractivity contribution in [1.29, 1.82) is 0 Å². The van der Waals surface area contributed by atoms with Crippen molar-refractivity contribution in [3.05, 3.63) is 0 Å². The van der Waals surface area contributed by atoms with Gasteiger partial charge in [0.05, 0.1) is 0 Å². The maximum atomic E-state index is 8.53. The Bertz CT molecular complexity index is 182. The molecule has 14 heavy (non-hydrogen) atoms. The standard InChI is InChI=1S/C10H23N3O/c1-5-9(4)13(6-2)7-8(3)10(11)12-14/h8-9,14H,5-7H2,1-4H3,(H2,11,12). The maximum absolute atomic E-state index is 8.53. The van der Waals surface area contributed by atoms with Gasteiger partial charge in [0.1, 0.15) is 5.84 Å². The molecule has 0 radical (unpaired) electrons. The van der Waals surface area contributed by atoms with Crippen LogP contribution in [0.25, 0.3) is 0 Å². The third-order valence-electron chi connectivity index (χ3n) is 2.75. The lowest BCUT2D eigenvalue weighted by atomic mass is 10.1. The molecule has 0 rings (SSSR count). The van der Waals surface area contributed by atoms with Gasteiger partial charge in [0.2, 0.25) is 0 Å². The van der Waals surface area contributed by atoms with Crippen LogP contribution in [0.2, 0.25) is 0 Å². The van der Waals surface area contributed by atoms with E-state index in [0.29, 0.717) is 11.9 Å². The molecule has 3 N–H and O–H groups in total. The molecule has 0 bridgehead atoms. The fourth-order valence-electron chi connectivity index (χ4n) is 1.42. The van der Waals surface area contributed by atoms with Crippen LogP contribution in [0, 0.1) is 5.92 Å². The van der Waals surface area contributed by atoms with E-state index in [1.165, 1.54) is 0 Å². The Morgan fingerprint density at radius 3 is 2.36 bits per heavy atom. The zero-order valence-corrected chi connectivity index (χ0v) is 9.70. The molecule has 0 heterocycles. The monoisotopic (exact) mass is 201 g/mol. The number of amidine groups is 1. The predicted octanol–water partition coefficient (Wildman–Crippen LogP) is 1.49. The molecule has 84 valence electrons. The van der Waals surface area contributed by atoms with Crippen LogP contribution in [-0.2, 0) is 0 Å². The van der Waals surface area contributed by atoms with Crippen LogP contribution in [0.4, 0.5) is 0 Å². The smallest absolute Gasteiger partial charge is 0.143 e. The summed E-state index contributed by atoms with van der Waals surface area (Å²) in [6, 6.07) is 0.550. The Kier molecular flexibility index (Phi) is 6.28. The Morgan fingerprint density at radius 1 is 1.43 bits per heavy atom. The van der Waals surface area contributed by atoms with Crippen molar-refractivity contribution in [1.82, 2.24) is 4.90 Å². The molecular weight excluding hydrogens is 178 g/mol. The minimum Gasteiger partial charge on any atom is -0.409 e. The van der Waals surface area contributed by atoms with Crippen molar-refractivity contribution in [2.75, 3.05) is 13.1 Å². The van der Waals surface area contributed by atoms with Crippen LogP contribution in [0.5, 0.6) is 0 Å². The second-order valence-corrected chi connectivity index (χ2v) is 3.77. The minimum atomic E-state index is 0.106. The lowest BCUT2D eigenvalue weighted by Gasteiger charge is -2.29. The molecule has 0 fully saturated rings. The van der Waals surface area contributed by atoms with Gasteiger partial charge < -0.3 is 15.8 Å². The van der Waals surface area contributed by atoms with Gasteiger partial charge in [-0.25, -0.2) is 0 Å². The lowest BCUT2D eigenvalue weighted by Crippen LogP contribution is -2.39. The first-order valence-electron chi connectivity index (χ1n) is 5.28. The Labute approximate surface area is 86.8 Å². The van der Waals surface area contributed by atoms with Gasteiger partial charge >= 0.3 is 0 Å². The Balaban J connectivity index is 4.17. The summed E-state index contributed by atoms with van der Waals surface area (Å²) in [5.41, 5.74) is 5.53. The zero-order chi connectivity index (χ0) is 11.1. The summed E-state index contributed by atoms with van der Waals surface area (Å²) in [4.78, 5) is 2.34. The summed E-state index contributed by atoms with van der Waals surface area (Å²) in [5, 5.41) is 11.6. The molecule has 0 saturated carbocycles. The van der Waals surface area contributed by atoms with Crippen molar-refractivity contribution in [3.63, 3.8) is 0 Å². The third-order valence-corrected chi connectivity index (χ3v) is 2.75. The highest BCUT2D eigenvalue weighted by Crippen LogP contribution is 2.07. The highest BCUT2D eigenvalue weighted by Gasteiger charge is 2.15. The predicted molar refractivity (Wildman–Crippen MR) is 59.6 cm³/mol. The van der Waals surface area contributed by atoms with Gasteiger partial charge in [-0.1, -0.05) is 25.9 Å². The van der Waals surface area contributed by atoms with Crippen molar-refractivity contribution in [2.45, 2.75) is 40.2 Å². The van der Waals surface area contributed by atoms with Crippen LogP contribution >= 0.6 is 0 Å². The first-order valence-corrected chi connectivity index (χ1v) is 5.28. The van der Waals surface area contributed by atoms with Gasteiger partial charge in [0.25, 0.3) is 0 Å².